The Labute approximate surface area is 105 Å². The van der Waals surface area contributed by atoms with Gasteiger partial charge in [-0.2, -0.15) is 0 Å². The van der Waals surface area contributed by atoms with Gasteiger partial charge >= 0.3 is 0 Å². The fourth-order valence-electron chi connectivity index (χ4n) is 1.37. The van der Waals surface area contributed by atoms with Crippen LogP contribution in [0.3, 0.4) is 0 Å². The number of hydrogen-bond acceptors (Lipinski definition) is 4. The molecule has 1 aromatic rings. The van der Waals surface area contributed by atoms with Crippen molar-refractivity contribution in [3.8, 4) is 0 Å². The molecule has 16 heavy (non-hydrogen) atoms. The maximum Gasteiger partial charge on any atom is 0.225 e. The zero-order valence-electron chi connectivity index (χ0n) is 10.1. The molecule has 0 unspecified atom stereocenters. The topological polar surface area (TPSA) is 55.0 Å². The summed E-state index contributed by atoms with van der Waals surface area (Å²) in [6.45, 7) is 8.79. The van der Waals surface area contributed by atoms with Gasteiger partial charge in [0.2, 0.25) is 5.95 Å². The third kappa shape index (κ3) is 3.72. The van der Waals surface area contributed by atoms with Crippen LogP contribution >= 0.6 is 15.9 Å². The molecule has 0 aliphatic heterocycles. The van der Waals surface area contributed by atoms with Crippen molar-refractivity contribution in [3.05, 3.63) is 16.9 Å². The van der Waals surface area contributed by atoms with Crippen LogP contribution in [0.4, 0.5) is 5.95 Å². The lowest BCUT2D eigenvalue weighted by Gasteiger charge is -2.30. The van der Waals surface area contributed by atoms with Gasteiger partial charge in [-0.05, 0) is 34.8 Å². The monoisotopic (exact) mass is 286 g/mol. The van der Waals surface area contributed by atoms with E-state index >= 15 is 0 Å². The van der Waals surface area contributed by atoms with E-state index < -0.39 is 0 Å². The Balaban J connectivity index is 2.78. The van der Waals surface area contributed by atoms with Gasteiger partial charge in [-0.1, -0.05) is 13.8 Å². The summed E-state index contributed by atoms with van der Waals surface area (Å²) in [6, 6.07) is 0. The number of nitrogens with zero attached hydrogens (tertiary/aromatic N) is 3. The molecule has 1 rings (SSSR count). The first-order chi connectivity index (χ1) is 7.48. The second-order valence-electron chi connectivity index (χ2n) is 4.58. The van der Waals surface area contributed by atoms with Crippen molar-refractivity contribution < 1.29 is 0 Å². The smallest absolute Gasteiger partial charge is 0.225 e. The van der Waals surface area contributed by atoms with Gasteiger partial charge in [0.15, 0.2) is 0 Å². The zero-order chi connectivity index (χ0) is 12.2. The minimum absolute atomic E-state index is 0.0758. The van der Waals surface area contributed by atoms with Crippen LogP contribution in [0.2, 0.25) is 0 Å². The number of aromatic nitrogens is 2. The molecule has 0 radical (unpaired) electrons. The lowest BCUT2D eigenvalue weighted by Crippen LogP contribution is -2.39. The van der Waals surface area contributed by atoms with Gasteiger partial charge in [0.25, 0.3) is 0 Å². The number of rotatable bonds is 5. The molecule has 1 aromatic heterocycles. The van der Waals surface area contributed by atoms with E-state index in [0.717, 1.165) is 23.5 Å². The first-order valence-electron chi connectivity index (χ1n) is 5.41. The van der Waals surface area contributed by atoms with Crippen LogP contribution in [0.1, 0.15) is 20.8 Å². The van der Waals surface area contributed by atoms with E-state index in [1.165, 1.54) is 0 Å². The Bertz CT molecular complexity index is 323. The SMILES string of the molecule is CCN(CC(C)(C)CN)c1ncc(Br)cn1. The third-order valence-electron chi connectivity index (χ3n) is 2.44. The van der Waals surface area contributed by atoms with Crippen LogP contribution in [-0.4, -0.2) is 29.6 Å². The Kier molecular flexibility index (Phi) is 4.68. The summed E-state index contributed by atoms with van der Waals surface area (Å²) >= 11 is 3.33. The van der Waals surface area contributed by atoms with Gasteiger partial charge < -0.3 is 10.6 Å². The highest BCUT2D eigenvalue weighted by Crippen LogP contribution is 2.18. The van der Waals surface area contributed by atoms with Crippen molar-refractivity contribution in [2.45, 2.75) is 20.8 Å². The average molecular weight is 287 g/mol. The van der Waals surface area contributed by atoms with Gasteiger partial charge in [-0.25, -0.2) is 9.97 Å². The largest absolute Gasteiger partial charge is 0.341 e. The molecule has 0 amide bonds. The van der Waals surface area contributed by atoms with E-state index in [1.807, 2.05) is 0 Å². The van der Waals surface area contributed by atoms with E-state index in [9.17, 15) is 0 Å². The minimum atomic E-state index is 0.0758. The molecular formula is C11H19BrN4. The highest BCUT2D eigenvalue weighted by molar-refractivity contribution is 9.10. The maximum absolute atomic E-state index is 5.74. The molecule has 0 spiro atoms. The summed E-state index contributed by atoms with van der Waals surface area (Å²) in [4.78, 5) is 10.7. The van der Waals surface area contributed by atoms with Crippen LogP contribution in [0, 0.1) is 5.41 Å². The molecule has 0 atom stereocenters. The van der Waals surface area contributed by atoms with Gasteiger partial charge in [0.05, 0.1) is 4.47 Å². The lowest BCUT2D eigenvalue weighted by atomic mass is 9.93. The van der Waals surface area contributed by atoms with Crippen LogP contribution in [0.5, 0.6) is 0 Å². The molecule has 90 valence electrons. The zero-order valence-corrected chi connectivity index (χ0v) is 11.7. The highest BCUT2D eigenvalue weighted by Gasteiger charge is 2.20. The molecule has 1 heterocycles. The summed E-state index contributed by atoms with van der Waals surface area (Å²) in [6.07, 6.45) is 3.53. The number of hydrogen-bond donors (Lipinski definition) is 1. The molecule has 5 heteroatoms. The van der Waals surface area contributed by atoms with E-state index in [4.69, 9.17) is 5.73 Å². The number of halogens is 1. The molecule has 0 saturated heterocycles. The van der Waals surface area contributed by atoms with Crippen molar-refractivity contribution in [2.24, 2.45) is 11.1 Å². The van der Waals surface area contributed by atoms with Crippen LogP contribution in [0.15, 0.2) is 16.9 Å². The minimum Gasteiger partial charge on any atom is -0.341 e. The van der Waals surface area contributed by atoms with E-state index in [0.29, 0.717) is 6.54 Å². The molecule has 4 nitrogen and oxygen atoms in total. The fraction of sp³-hybridized carbons (Fsp3) is 0.636. The predicted octanol–water partition coefficient (Wildman–Crippen LogP) is 2.05. The second kappa shape index (κ2) is 5.59. The summed E-state index contributed by atoms with van der Waals surface area (Å²) in [7, 11) is 0. The van der Waals surface area contributed by atoms with Crippen LogP contribution < -0.4 is 10.6 Å². The summed E-state index contributed by atoms with van der Waals surface area (Å²) in [5.41, 5.74) is 5.81. The second-order valence-corrected chi connectivity index (χ2v) is 5.50. The third-order valence-corrected chi connectivity index (χ3v) is 2.85. The summed E-state index contributed by atoms with van der Waals surface area (Å²) in [5, 5.41) is 0. The highest BCUT2D eigenvalue weighted by atomic mass is 79.9. The van der Waals surface area contributed by atoms with E-state index in [2.05, 4.69) is 51.6 Å². The Morgan fingerprint density at radius 2 is 1.94 bits per heavy atom. The van der Waals surface area contributed by atoms with Gasteiger partial charge in [0, 0.05) is 25.5 Å². The van der Waals surface area contributed by atoms with Gasteiger partial charge in [0.1, 0.15) is 0 Å². The van der Waals surface area contributed by atoms with Crippen molar-refractivity contribution in [1.82, 2.24) is 9.97 Å². The standard InChI is InChI=1S/C11H19BrN4/c1-4-16(8-11(2,3)7-13)10-14-5-9(12)6-15-10/h5-6H,4,7-8,13H2,1-3H3. The van der Waals surface area contributed by atoms with E-state index in [1.54, 1.807) is 12.4 Å². The maximum atomic E-state index is 5.74. The molecule has 2 N–H and O–H groups in total. The summed E-state index contributed by atoms with van der Waals surface area (Å²) < 4.78 is 0.894. The molecule has 0 fully saturated rings. The first-order valence-corrected chi connectivity index (χ1v) is 6.20. The Hall–Kier alpha value is -0.680. The van der Waals surface area contributed by atoms with Gasteiger partial charge in [-0.15, -0.1) is 0 Å². The average Bonchev–Trinajstić information content (AvgIpc) is 2.27. The molecule has 0 saturated carbocycles. The van der Waals surface area contributed by atoms with Crippen molar-refractivity contribution in [2.75, 3.05) is 24.5 Å². The Morgan fingerprint density at radius 1 is 1.38 bits per heavy atom. The molecule has 0 bridgehead atoms. The molecule has 0 aliphatic rings. The van der Waals surface area contributed by atoms with Gasteiger partial charge in [-0.3, -0.25) is 0 Å². The predicted molar refractivity (Wildman–Crippen MR) is 70.5 cm³/mol. The molecular weight excluding hydrogens is 268 g/mol. The Morgan fingerprint density at radius 3 is 2.38 bits per heavy atom. The number of nitrogens with two attached hydrogens (primary N) is 1. The summed E-state index contributed by atoms with van der Waals surface area (Å²) in [5.74, 6) is 0.757. The lowest BCUT2D eigenvalue weighted by molar-refractivity contribution is 0.377. The number of anilines is 1. The molecule has 0 aromatic carbocycles. The van der Waals surface area contributed by atoms with Crippen LogP contribution in [-0.2, 0) is 0 Å². The van der Waals surface area contributed by atoms with Crippen molar-refractivity contribution in [3.63, 3.8) is 0 Å². The quantitative estimate of drug-likeness (QED) is 0.900. The fourth-order valence-corrected chi connectivity index (χ4v) is 1.58. The molecule has 0 aliphatic carbocycles. The normalized spacial score (nSPS) is 11.6. The van der Waals surface area contributed by atoms with Crippen molar-refractivity contribution >= 4 is 21.9 Å². The van der Waals surface area contributed by atoms with E-state index in [-0.39, 0.29) is 5.41 Å². The van der Waals surface area contributed by atoms with Crippen molar-refractivity contribution in [1.29, 1.82) is 0 Å². The first kappa shape index (κ1) is 13.4. The van der Waals surface area contributed by atoms with Crippen LogP contribution in [0.25, 0.3) is 0 Å².